The predicted octanol–water partition coefficient (Wildman–Crippen LogP) is 2.97. The SMILES string of the molecule is CCCCOC(=O)N1CCN(C(=O)C(C)(NC(=O)c2cc(N3CCC[C@@H]3OC)nc(-c3ccccc3)n2)P(=O)(O)OCOC(C)=O)CC1. The lowest BCUT2D eigenvalue weighted by Crippen LogP contribution is -2.61. The van der Waals surface area contributed by atoms with Crippen LogP contribution in [0.25, 0.3) is 11.4 Å². The van der Waals surface area contributed by atoms with Crippen molar-refractivity contribution in [2.45, 2.75) is 58.0 Å². The van der Waals surface area contributed by atoms with E-state index in [0.29, 0.717) is 24.3 Å². The fourth-order valence-corrected chi connectivity index (χ4v) is 6.37. The van der Waals surface area contributed by atoms with Gasteiger partial charge in [0.1, 0.15) is 17.7 Å². The minimum atomic E-state index is -5.12. The average molecular weight is 691 g/mol. The lowest BCUT2D eigenvalue weighted by Gasteiger charge is -2.40. The Morgan fingerprint density at radius 1 is 1.04 bits per heavy atom. The van der Waals surface area contributed by atoms with Crippen molar-refractivity contribution in [2.75, 3.05) is 58.1 Å². The number of rotatable bonds is 13. The van der Waals surface area contributed by atoms with E-state index in [0.717, 1.165) is 33.1 Å². The van der Waals surface area contributed by atoms with Gasteiger partial charge in [-0.15, -0.1) is 0 Å². The van der Waals surface area contributed by atoms with Crippen molar-refractivity contribution in [1.82, 2.24) is 25.1 Å². The second kappa shape index (κ2) is 16.3. The van der Waals surface area contributed by atoms with Gasteiger partial charge in [-0.05, 0) is 26.2 Å². The monoisotopic (exact) mass is 690 g/mol. The Hall–Kier alpha value is -4.11. The van der Waals surface area contributed by atoms with Gasteiger partial charge in [0.25, 0.3) is 11.8 Å². The summed E-state index contributed by atoms with van der Waals surface area (Å²) < 4.78 is 34.4. The molecule has 4 rings (SSSR count). The molecule has 3 atom stereocenters. The number of nitrogens with zero attached hydrogens (tertiary/aromatic N) is 5. The van der Waals surface area contributed by atoms with Crippen molar-refractivity contribution in [3.05, 3.63) is 42.1 Å². The largest absolute Gasteiger partial charge is 0.449 e. The summed E-state index contributed by atoms with van der Waals surface area (Å²) in [6.45, 7) is 4.21. The quantitative estimate of drug-likeness (QED) is 0.135. The summed E-state index contributed by atoms with van der Waals surface area (Å²) in [6.07, 6.45) is 2.33. The third-order valence-corrected chi connectivity index (χ3v) is 10.0. The maximum atomic E-state index is 14.1. The molecule has 3 heterocycles. The lowest BCUT2D eigenvalue weighted by atomic mass is 10.2. The first-order valence-corrected chi connectivity index (χ1v) is 17.4. The van der Waals surface area contributed by atoms with Gasteiger partial charge in [-0.1, -0.05) is 43.7 Å². The van der Waals surface area contributed by atoms with E-state index < -0.39 is 43.5 Å². The summed E-state index contributed by atoms with van der Waals surface area (Å²) in [5.41, 5.74) is 0.434. The molecule has 2 N–H and O–H groups in total. The van der Waals surface area contributed by atoms with Crippen LogP contribution >= 0.6 is 7.60 Å². The summed E-state index contributed by atoms with van der Waals surface area (Å²) in [7, 11) is -3.54. The molecular weight excluding hydrogens is 647 g/mol. The van der Waals surface area contributed by atoms with Crippen LogP contribution in [0.1, 0.15) is 56.9 Å². The van der Waals surface area contributed by atoms with Crippen molar-refractivity contribution in [2.24, 2.45) is 0 Å². The number of methoxy groups -OCH3 is 1. The molecular formula is C31H43N6O10P. The molecule has 0 spiro atoms. The van der Waals surface area contributed by atoms with Crippen LogP contribution in [0.3, 0.4) is 0 Å². The molecule has 1 aromatic carbocycles. The van der Waals surface area contributed by atoms with E-state index in [4.69, 9.17) is 18.7 Å². The molecule has 16 nitrogen and oxygen atoms in total. The second-order valence-electron chi connectivity index (χ2n) is 11.5. The van der Waals surface area contributed by atoms with Gasteiger partial charge in [0, 0.05) is 58.4 Å². The minimum Gasteiger partial charge on any atom is -0.449 e. The van der Waals surface area contributed by atoms with E-state index in [2.05, 4.69) is 15.3 Å². The number of esters is 1. The number of ether oxygens (including phenoxy) is 3. The number of carbonyl (C=O) groups excluding carboxylic acids is 4. The maximum Gasteiger partial charge on any atom is 0.409 e. The van der Waals surface area contributed by atoms with Gasteiger partial charge in [0.05, 0.1) is 6.61 Å². The molecule has 262 valence electrons. The Bertz CT molecular complexity index is 1510. The molecule has 3 amide bonds. The van der Waals surface area contributed by atoms with Crippen LogP contribution in [-0.4, -0.2) is 113 Å². The summed E-state index contributed by atoms with van der Waals surface area (Å²) >= 11 is 0. The standard InChI is InChI=1S/C31H43N6O10P/c1-5-6-19-45-30(41)36-17-15-35(16-18-36)29(40)31(3,48(42,43)47-21-46-22(2)38)34-28(39)24-20-25(37-14-10-13-26(37)44-4)33-27(32-24)23-11-8-7-9-12-23/h7-9,11-12,20,26H,5-6,10,13-19,21H2,1-4H3,(H,34,39)(H,42,43)/t26-,31?/m0/s1. The molecule has 48 heavy (non-hydrogen) atoms. The molecule has 2 aliphatic rings. The number of unbranched alkanes of at least 4 members (excludes halogenated alkanes) is 1. The van der Waals surface area contributed by atoms with Gasteiger partial charge in [-0.3, -0.25) is 23.5 Å². The number of amides is 3. The number of anilines is 1. The summed E-state index contributed by atoms with van der Waals surface area (Å²) in [4.78, 5) is 76.7. The summed E-state index contributed by atoms with van der Waals surface area (Å²) in [6, 6.07) is 10.4. The Labute approximate surface area is 279 Å². The Kier molecular flexibility index (Phi) is 12.5. The molecule has 0 radical (unpaired) electrons. The highest BCUT2D eigenvalue weighted by atomic mass is 31.2. The first kappa shape index (κ1) is 36.7. The van der Waals surface area contributed by atoms with E-state index in [1.165, 1.54) is 15.9 Å². The second-order valence-corrected chi connectivity index (χ2v) is 13.7. The number of benzene rings is 1. The normalized spacial score (nSPS) is 18.9. The van der Waals surface area contributed by atoms with E-state index in [9.17, 15) is 28.6 Å². The van der Waals surface area contributed by atoms with Gasteiger partial charge < -0.3 is 39.1 Å². The topological polar surface area (TPSA) is 190 Å². The summed E-state index contributed by atoms with van der Waals surface area (Å²) in [5, 5.41) is -0.140. The first-order chi connectivity index (χ1) is 22.9. The van der Waals surface area contributed by atoms with E-state index >= 15 is 0 Å². The van der Waals surface area contributed by atoms with Crippen LogP contribution in [-0.2, 0) is 32.9 Å². The van der Waals surface area contributed by atoms with Crippen molar-refractivity contribution in [1.29, 1.82) is 0 Å². The first-order valence-electron chi connectivity index (χ1n) is 15.8. The number of carbonyl (C=O) groups is 4. The van der Waals surface area contributed by atoms with Gasteiger partial charge in [0.15, 0.2) is 5.82 Å². The van der Waals surface area contributed by atoms with Crippen LogP contribution in [0, 0.1) is 0 Å². The number of hydrogen-bond acceptors (Lipinski definition) is 12. The smallest absolute Gasteiger partial charge is 0.409 e. The third kappa shape index (κ3) is 8.67. The van der Waals surface area contributed by atoms with Crippen molar-refractivity contribution < 1.29 is 47.4 Å². The van der Waals surface area contributed by atoms with Crippen LogP contribution in [0.15, 0.2) is 36.4 Å². The fourth-order valence-electron chi connectivity index (χ4n) is 5.29. The molecule has 2 fully saturated rings. The molecule has 2 aromatic rings. The predicted molar refractivity (Wildman–Crippen MR) is 173 cm³/mol. The van der Waals surface area contributed by atoms with E-state index in [1.807, 2.05) is 17.9 Å². The average Bonchev–Trinajstić information content (AvgIpc) is 3.57. The number of aromatic nitrogens is 2. The third-order valence-electron chi connectivity index (χ3n) is 8.12. The molecule has 0 bridgehead atoms. The molecule has 2 saturated heterocycles. The van der Waals surface area contributed by atoms with Crippen LogP contribution in [0.2, 0.25) is 0 Å². The van der Waals surface area contributed by atoms with E-state index in [-0.39, 0.29) is 50.5 Å². The number of hydrogen-bond donors (Lipinski definition) is 2. The zero-order valence-corrected chi connectivity index (χ0v) is 28.5. The molecule has 2 unspecified atom stereocenters. The minimum absolute atomic E-state index is 0.0136. The van der Waals surface area contributed by atoms with Gasteiger partial charge >= 0.3 is 19.7 Å². The zero-order chi connectivity index (χ0) is 34.9. The molecule has 17 heteroatoms. The Balaban J connectivity index is 1.64. The highest BCUT2D eigenvalue weighted by molar-refractivity contribution is 7.55. The highest BCUT2D eigenvalue weighted by Crippen LogP contribution is 2.55. The molecule has 0 saturated carbocycles. The van der Waals surface area contributed by atoms with Crippen molar-refractivity contribution in [3.63, 3.8) is 0 Å². The Morgan fingerprint density at radius 2 is 1.73 bits per heavy atom. The van der Waals surface area contributed by atoms with Crippen LogP contribution < -0.4 is 10.2 Å². The maximum absolute atomic E-state index is 14.1. The van der Waals surface area contributed by atoms with E-state index in [1.54, 1.807) is 31.4 Å². The zero-order valence-electron chi connectivity index (χ0n) is 27.6. The molecule has 2 aliphatic heterocycles. The number of piperazine rings is 1. The summed E-state index contributed by atoms with van der Waals surface area (Å²) in [5.74, 6) is -2.07. The van der Waals surface area contributed by atoms with Gasteiger partial charge in [-0.2, -0.15) is 0 Å². The lowest BCUT2D eigenvalue weighted by molar-refractivity contribution is -0.147. The Morgan fingerprint density at radius 3 is 2.38 bits per heavy atom. The van der Waals surface area contributed by atoms with Gasteiger partial charge in [-0.25, -0.2) is 14.8 Å². The highest BCUT2D eigenvalue weighted by Gasteiger charge is 2.55. The van der Waals surface area contributed by atoms with Crippen LogP contribution in [0.4, 0.5) is 10.6 Å². The molecule has 1 aromatic heterocycles. The van der Waals surface area contributed by atoms with Gasteiger partial charge in [0.2, 0.25) is 12.1 Å². The molecule has 0 aliphatic carbocycles. The van der Waals surface area contributed by atoms with Crippen LogP contribution in [0.5, 0.6) is 0 Å². The fraction of sp³-hybridized carbons (Fsp3) is 0.548. The number of nitrogens with one attached hydrogen (secondary N) is 1. The van der Waals surface area contributed by atoms with Crippen molar-refractivity contribution >= 4 is 37.3 Å². The van der Waals surface area contributed by atoms with Crippen molar-refractivity contribution in [3.8, 4) is 11.4 Å².